The molecule has 0 radical (unpaired) electrons. The number of alkyl halides is 1. The second-order valence-electron chi connectivity index (χ2n) is 3.87. The molecule has 98 valence electrons. The van der Waals surface area contributed by atoms with Crippen LogP contribution in [-0.4, -0.2) is 21.4 Å². The van der Waals surface area contributed by atoms with Gasteiger partial charge in [0.05, 0.1) is 5.69 Å². The molecular formula is C13H12BrN3O2. The standard InChI is InChI=1S/C13H12BrN3O2/c14-7-6-12(18)15-10-3-1-2-9(8-10)11-4-5-13(19)17-16-11/h1-5,8H,6-7H2,(H,15,18)(H,17,19). The lowest BCUT2D eigenvalue weighted by molar-refractivity contribution is -0.115. The van der Waals surface area contributed by atoms with Gasteiger partial charge in [0.1, 0.15) is 0 Å². The Labute approximate surface area is 118 Å². The van der Waals surface area contributed by atoms with Crippen LogP contribution in [0.5, 0.6) is 0 Å². The van der Waals surface area contributed by atoms with Gasteiger partial charge >= 0.3 is 0 Å². The molecule has 0 spiro atoms. The van der Waals surface area contributed by atoms with E-state index in [2.05, 4.69) is 31.4 Å². The van der Waals surface area contributed by atoms with Gasteiger partial charge < -0.3 is 5.32 Å². The van der Waals surface area contributed by atoms with Gasteiger partial charge in [0.25, 0.3) is 5.56 Å². The largest absolute Gasteiger partial charge is 0.326 e. The summed E-state index contributed by atoms with van der Waals surface area (Å²) in [5.41, 5.74) is 1.94. The number of halogens is 1. The number of nitrogens with one attached hydrogen (secondary N) is 2. The molecule has 2 rings (SSSR count). The van der Waals surface area contributed by atoms with Crippen molar-refractivity contribution >= 4 is 27.5 Å². The first-order valence-electron chi connectivity index (χ1n) is 5.71. The summed E-state index contributed by atoms with van der Waals surface area (Å²) in [6, 6.07) is 10.4. The predicted molar refractivity (Wildman–Crippen MR) is 77.3 cm³/mol. The number of hydrogen-bond donors (Lipinski definition) is 2. The van der Waals surface area contributed by atoms with Crippen molar-refractivity contribution in [3.63, 3.8) is 0 Å². The van der Waals surface area contributed by atoms with Crippen LogP contribution in [0.15, 0.2) is 41.2 Å². The number of aromatic amines is 1. The summed E-state index contributed by atoms with van der Waals surface area (Å²) in [5.74, 6) is -0.0524. The van der Waals surface area contributed by atoms with E-state index in [0.717, 1.165) is 5.56 Å². The van der Waals surface area contributed by atoms with Crippen molar-refractivity contribution in [1.29, 1.82) is 0 Å². The van der Waals surface area contributed by atoms with Crippen LogP contribution in [0.1, 0.15) is 6.42 Å². The lowest BCUT2D eigenvalue weighted by Gasteiger charge is -2.06. The topological polar surface area (TPSA) is 74.8 Å². The van der Waals surface area contributed by atoms with Gasteiger partial charge in [-0.25, -0.2) is 5.10 Å². The van der Waals surface area contributed by atoms with Crippen LogP contribution in [0.2, 0.25) is 0 Å². The molecule has 1 aromatic carbocycles. The molecule has 0 fully saturated rings. The van der Waals surface area contributed by atoms with Gasteiger partial charge in [-0.3, -0.25) is 9.59 Å². The summed E-state index contributed by atoms with van der Waals surface area (Å²) in [6.45, 7) is 0. The van der Waals surface area contributed by atoms with Crippen molar-refractivity contribution in [2.75, 3.05) is 10.6 Å². The van der Waals surface area contributed by atoms with Crippen molar-refractivity contribution < 1.29 is 4.79 Å². The number of carbonyl (C=O) groups is 1. The van der Waals surface area contributed by atoms with Crippen LogP contribution < -0.4 is 10.9 Å². The molecule has 0 atom stereocenters. The summed E-state index contributed by atoms with van der Waals surface area (Å²) in [5, 5.41) is 9.75. The number of anilines is 1. The van der Waals surface area contributed by atoms with Crippen LogP contribution in [0.25, 0.3) is 11.3 Å². The van der Waals surface area contributed by atoms with Crippen molar-refractivity contribution in [2.45, 2.75) is 6.42 Å². The Morgan fingerprint density at radius 1 is 1.32 bits per heavy atom. The van der Waals surface area contributed by atoms with Crippen molar-refractivity contribution in [2.24, 2.45) is 0 Å². The van der Waals surface area contributed by atoms with Crippen molar-refractivity contribution in [3.8, 4) is 11.3 Å². The second-order valence-corrected chi connectivity index (χ2v) is 4.67. The molecule has 6 heteroatoms. The van der Waals surface area contributed by atoms with Crippen LogP contribution in [0.3, 0.4) is 0 Å². The normalized spacial score (nSPS) is 10.2. The van der Waals surface area contributed by atoms with E-state index in [1.54, 1.807) is 12.1 Å². The van der Waals surface area contributed by atoms with Gasteiger partial charge in [0.2, 0.25) is 5.91 Å². The summed E-state index contributed by atoms with van der Waals surface area (Å²) >= 11 is 3.22. The molecule has 0 aliphatic carbocycles. The Bertz CT molecular complexity index is 619. The Morgan fingerprint density at radius 2 is 2.16 bits per heavy atom. The van der Waals surface area contributed by atoms with Gasteiger partial charge in [-0.1, -0.05) is 28.1 Å². The van der Waals surface area contributed by atoms with Gasteiger partial charge in [-0.05, 0) is 18.2 Å². The quantitative estimate of drug-likeness (QED) is 0.847. The highest BCUT2D eigenvalue weighted by molar-refractivity contribution is 9.09. The minimum atomic E-state index is -0.245. The van der Waals surface area contributed by atoms with Gasteiger partial charge in [0, 0.05) is 29.1 Å². The minimum absolute atomic E-state index is 0.0524. The smallest absolute Gasteiger partial charge is 0.264 e. The highest BCUT2D eigenvalue weighted by atomic mass is 79.9. The maximum Gasteiger partial charge on any atom is 0.264 e. The second kappa shape index (κ2) is 6.29. The Hall–Kier alpha value is -1.95. The monoisotopic (exact) mass is 321 g/mol. The number of benzene rings is 1. The summed E-state index contributed by atoms with van der Waals surface area (Å²) in [4.78, 5) is 22.5. The fourth-order valence-corrected chi connectivity index (χ4v) is 1.93. The molecule has 0 bridgehead atoms. The maximum absolute atomic E-state index is 11.5. The molecule has 19 heavy (non-hydrogen) atoms. The van der Waals surface area contributed by atoms with E-state index in [9.17, 15) is 9.59 Å². The molecule has 0 aliphatic heterocycles. The maximum atomic E-state index is 11.5. The first-order valence-corrected chi connectivity index (χ1v) is 6.83. The third-order valence-corrected chi connectivity index (χ3v) is 2.84. The van der Waals surface area contributed by atoms with Gasteiger partial charge in [0.15, 0.2) is 0 Å². The third-order valence-electron chi connectivity index (χ3n) is 2.44. The molecule has 2 aromatic rings. The van der Waals surface area contributed by atoms with Crippen LogP contribution in [0, 0.1) is 0 Å². The SMILES string of the molecule is O=C(CCBr)Nc1cccc(-c2ccc(=O)[nH]n2)c1. The van der Waals surface area contributed by atoms with Crippen LogP contribution in [-0.2, 0) is 4.79 Å². The van der Waals surface area contributed by atoms with Crippen LogP contribution >= 0.6 is 15.9 Å². The first-order chi connectivity index (χ1) is 9.19. The number of nitrogens with zero attached hydrogens (tertiary/aromatic N) is 1. The predicted octanol–water partition coefficient (Wildman–Crippen LogP) is 2.16. The highest BCUT2D eigenvalue weighted by Gasteiger charge is 2.04. The molecule has 2 N–H and O–H groups in total. The molecule has 0 saturated carbocycles. The number of carbonyl (C=O) groups excluding carboxylic acids is 1. The van der Waals surface area contributed by atoms with E-state index < -0.39 is 0 Å². The number of rotatable bonds is 4. The molecular weight excluding hydrogens is 310 g/mol. The molecule has 1 aromatic heterocycles. The molecule has 1 amide bonds. The average molecular weight is 322 g/mol. The zero-order chi connectivity index (χ0) is 13.7. The number of hydrogen-bond acceptors (Lipinski definition) is 3. The summed E-state index contributed by atoms with van der Waals surface area (Å²) in [7, 11) is 0. The fourth-order valence-electron chi connectivity index (χ4n) is 1.57. The van der Waals surface area contributed by atoms with Crippen LogP contribution in [0.4, 0.5) is 5.69 Å². The lowest BCUT2D eigenvalue weighted by atomic mass is 10.1. The Kier molecular flexibility index (Phi) is 4.46. The number of H-pyrrole nitrogens is 1. The summed E-state index contributed by atoms with van der Waals surface area (Å²) < 4.78 is 0. The van der Waals surface area contributed by atoms with E-state index in [1.165, 1.54) is 6.07 Å². The number of aromatic nitrogens is 2. The van der Waals surface area contributed by atoms with E-state index in [1.807, 2.05) is 18.2 Å². The molecule has 0 aliphatic rings. The molecule has 0 saturated heterocycles. The minimum Gasteiger partial charge on any atom is -0.326 e. The van der Waals surface area contributed by atoms with Gasteiger partial charge in [-0.2, -0.15) is 5.10 Å². The molecule has 5 nitrogen and oxygen atoms in total. The van der Waals surface area contributed by atoms with Crippen molar-refractivity contribution in [3.05, 3.63) is 46.8 Å². The van der Waals surface area contributed by atoms with Crippen molar-refractivity contribution in [1.82, 2.24) is 10.2 Å². The first kappa shape index (κ1) is 13.5. The van der Waals surface area contributed by atoms with E-state index >= 15 is 0 Å². The molecule has 1 heterocycles. The average Bonchev–Trinajstić information content (AvgIpc) is 2.40. The van der Waals surface area contributed by atoms with Gasteiger partial charge in [-0.15, -0.1) is 0 Å². The highest BCUT2D eigenvalue weighted by Crippen LogP contribution is 2.19. The Morgan fingerprint density at radius 3 is 2.84 bits per heavy atom. The van der Waals surface area contributed by atoms with E-state index in [4.69, 9.17) is 0 Å². The zero-order valence-electron chi connectivity index (χ0n) is 10.0. The Balaban J connectivity index is 2.21. The van der Waals surface area contributed by atoms with E-state index in [0.29, 0.717) is 23.1 Å². The lowest BCUT2D eigenvalue weighted by Crippen LogP contribution is -2.11. The van der Waals surface area contributed by atoms with E-state index in [-0.39, 0.29) is 11.5 Å². The molecule has 0 unspecified atom stereocenters. The fraction of sp³-hybridized carbons (Fsp3) is 0.154. The zero-order valence-corrected chi connectivity index (χ0v) is 11.6. The summed E-state index contributed by atoms with van der Waals surface area (Å²) in [6.07, 6.45) is 0.418. The number of amides is 1. The third kappa shape index (κ3) is 3.75.